The molecule has 1 aromatic heterocycles. The highest BCUT2D eigenvalue weighted by molar-refractivity contribution is 7.89. The van der Waals surface area contributed by atoms with E-state index < -0.39 is 10.0 Å². The van der Waals surface area contributed by atoms with E-state index in [2.05, 4.69) is 37.9 Å². The fourth-order valence-electron chi connectivity index (χ4n) is 3.23. The van der Waals surface area contributed by atoms with Crippen molar-refractivity contribution >= 4 is 27.3 Å². The van der Waals surface area contributed by atoms with Gasteiger partial charge in [0.05, 0.1) is 0 Å². The van der Waals surface area contributed by atoms with Crippen LogP contribution in [0.2, 0.25) is 0 Å². The normalized spacial score (nSPS) is 16.3. The SMILES string of the molecule is CC(C)N(CCNC(=O)c1sccc1S(=O)(=O)N1CCCC1)C(C)C. The summed E-state index contributed by atoms with van der Waals surface area (Å²) in [4.78, 5) is 15.2. The van der Waals surface area contributed by atoms with Crippen LogP contribution in [0.5, 0.6) is 0 Å². The summed E-state index contributed by atoms with van der Waals surface area (Å²) in [6.45, 7) is 10.8. The van der Waals surface area contributed by atoms with Crippen molar-refractivity contribution < 1.29 is 13.2 Å². The van der Waals surface area contributed by atoms with Crippen LogP contribution in [-0.2, 0) is 10.0 Å². The first-order valence-electron chi connectivity index (χ1n) is 8.86. The van der Waals surface area contributed by atoms with Crippen LogP contribution in [-0.4, -0.2) is 61.8 Å². The lowest BCUT2D eigenvalue weighted by molar-refractivity contribution is 0.0940. The van der Waals surface area contributed by atoms with E-state index in [0.717, 1.165) is 19.4 Å². The molecule has 2 rings (SSSR count). The molecule has 8 heteroatoms. The van der Waals surface area contributed by atoms with Crippen LogP contribution in [0, 0.1) is 0 Å². The lowest BCUT2D eigenvalue weighted by Crippen LogP contribution is -2.42. The first kappa shape index (κ1) is 20.4. The Morgan fingerprint density at radius 1 is 1.24 bits per heavy atom. The summed E-state index contributed by atoms with van der Waals surface area (Å²) in [5.41, 5.74) is 0. The van der Waals surface area contributed by atoms with Crippen LogP contribution in [0.25, 0.3) is 0 Å². The summed E-state index contributed by atoms with van der Waals surface area (Å²) < 4.78 is 26.9. The Bertz CT molecular complexity index is 669. The monoisotopic (exact) mass is 387 g/mol. The van der Waals surface area contributed by atoms with Gasteiger partial charge in [0.25, 0.3) is 5.91 Å². The van der Waals surface area contributed by atoms with Gasteiger partial charge in [0, 0.05) is 38.3 Å². The third-order valence-corrected chi connectivity index (χ3v) is 7.48. The number of amides is 1. The number of thiophene rings is 1. The van der Waals surface area contributed by atoms with Crippen molar-refractivity contribution in [2.75, 3.05) is 26.2 Å². The first-order chi connectivity index (χ1) is 11.7. The molecule has 142 valence electrons. The van der Waals surface area contributed by atoms with Gasteiger partial charge < -0.3 is 5.32 Å². The molecule has 1 N–H and O–H groups in total. The second-order valence-electron chi connectivity index (χ2n) is 6.91. The van der Waals surface area contributed by atoms with Gasteiger partial charge in [-0.05, 0) is 52.0 Å². The quantitative estimate of drug-likeness (QED) is 0.743. The summed E-state index contributed by atoms with van der Waals surface area (Å²) in [5, 5.41) is 4.55. The van der Waals surface area contributed by atoms with Crippen molar-refractivity contribution in [3.63, 3.8) is 0 Å². The van der Waals surface area contributed by atoms with Crippen LogP contribution in [0.3, 0.4) is 0 Å². The Kier molecular flexibility index (Phi) is 7.01. The van der Waals surface area contributed by atoms with Crippen LogP contribution in [0.1, 0.15) is 50.2 Å². The summed E-state index contributed by atoms with van der Waals surface area (Å²) in [7, 11) is -3.57. The number of nitrogens with one attached hydrogen (secondary N) is 1. The summed E-state index contributed by atoms with van der Waals surface area (Å²) in [6.07, 6.45) is 1.76. The topological polar surface area (TPSA) is 69.7 Å². The molecule has 25 heavy (non-hydrogen) atoms. The molecule has 1 aliphatic rings. The van der Waals surface area contributed by atoms with Gasteiger partial charge in [-0.2, -0.15) is 4.31 Å². The van der Waals surface area contributed by atoms with Crippen molar-refractivity contribution in [1.82, 2.24) is 14.5 Å². The maximum atomic E-state index is 12.7. The van der Waals surface area contributed by atoms with E-state index in [1.807, 2.05) is 0 Å². The number of nitrogens with zero attached hydrogens (tertiary/aromatic N) is 2. The van der Waals surface area contributed by atoms with Gasteiger partial charge >= 0.3 is 0 Å². The smallest absolute Gasteiger partial charge is 0.262 e. The third-order valence-electron chi connectivity index (χ3n) is 4.50. The van der Waals surface area contributed by atoms with Crippen LogP contribution < -0.4 is 5.32 Å². The van der Waals surface area contributed by atoms with Gasteiger partial charge in [-0.1, -0.05) is 0 Å². The average molecular weight is 388 g/mol. The molecule has 1 amide bonds. The van der Waals surface area contributed by atoms with Crippen LogP contribution in [0.4, 0.5) is 0 Å². The molecule has 0 spiro atoms. The van der Waals surface area contributed by atoms with Crippen molar-refractivity contribution in [3.05, 3.63) is 16.3 Å². The number of hydrogen-bond acceptors (Lipinski definition) is 5. The molecule has 6 nitrogen and oxygen atoms in total. The van der Waals surface area contributed by atoms with Crippen molar-refractivity contribution in [2.45, 2.75) is 57.5 Å². The maximum Gasteiger partial charge on any atom is 0.262 e. The lowest BCUT2D eigenvalue weighted by atomic mass is 10.2. The predicted octanol–water partition coefficient (Wildman–Crippen LogP) is 2.38. The van der Waals surface area contributed by atoms with E-state index in [1.54, 1.807) is 11.4 Å². The number of rotatable bonds is 8. The van der Waals surface area contributed by atoms with Crippen LogP contribution in [0.15, 0.2) is 16.3 Å². The molecule has 1 fully saturated rings. The molecular formula is C17H29N3O3S2. The van der Waals surface area contributed by atoms with E-state index in [1.165, 1.54) is 15.6 Å². The zero-order chi connectivity index (χ0) is 18.6. The van der Waals surface area contributed by atoms with E-state index >= 15 is 0 Å². The molecular weight excluding hydrogens is 358 g/mol. The lowest BCUT2D eigenvalue weighted by Gasteiger charge is -2.30. The van der Waals surface area contributed by atoms with Gasteiger partial charge in [0.15, 0.2) is 0 Å². The number of hydrogen-bond donors (Lipinski definition) is 1. The second kappa shape index (κ2) is 8.62. The molecule has 1 aromatic rings. The van der Waals surface area contributed by atoms with Gasteiger partial charge in [-0.15, -0.1) is 11.3 Å². The molecule has 2 heterocycles. The Balaban J connectivity index is 2.03. The highest BCUT2D eigenvalue weighted by Gasteiger charge is 2.31. The summed E-state index contributed by atoms with van der Waals surface area (Å²) in [6, 6.07) is 2.33. The minimum atomic E-state index is -3.57. The van der Waals surface area contributed by atoms with Gasteiger partial charge in [0.1, 0.15) is 9.77 Å². The van der Waals surface area contributed by atoms with Crippen molar-refractivity contribution in [1.29, 1.82) is 0 Å². The van der Waals surface area contributed by atoms with E-state index in [-0.39, 0.29) is 15.7 Å². The third kappa shape index (κ3) is 4.81. The predicted molar refractivity (Wildman–Crippen MR) is 102 cm³/mol. The van der Waals surface area contributed by atoms with Gasteiger partial charge in [-0.3, -0.25) is 9.69 Å². The Morgan fingerprint density at radius 3 is 2.40 bits per heavy atom. The number of sulfonamides is 1. The largest absolute Gasteiger partial charge is 0.350 e. The zero-order valence-electron chi connectivity index (χ0n) is 15.5. The van der Waals surface area contributed by atoms with Crippen LogP contribution >= 0.6 is 11.3 Å². The Morgan fingerprint density at radius 2 is 1.84 bits per heavy atom. The minimum absolute atomic E-state index is 0.140. The van der Waals surface area contributed by atoms with Crippen molar-refractivity contribution in [3.8, 4) is 0 Å². The molecule has 0 atom stereocenters. The van der Waals surface area contributed by atoms with Gasteiger partial charge in [-0.25, -0.2) is 8.42 Å². The van der Waals surface area contributed by atoms with Gasteiger partial charge in [0.2, 0.25) is 10.0 Å². The highest BCUT2D eigenvalue weighted by Crippen LogP contribution is 2.27. The fourth-order valence-corrected chi connectivity index (χ4v) is 6.06. The maximum absolute atomic E-state index is 12.7. The van der Waals surface area contributed by atoms with E-state index in [9.17, 15) is 13.2 Å². The van der Waals surface area contributed by atoms with Crippen molar-refractivity contribution in [2.24, 2.45) is 0 Å². The van der Waals surface area contributed by atoms with E-state index in [0.29, 0.717) is 31.7 Å². The number of carbonyl (C=O) groups excluding carboxylic acids is 1. The zero-order valence-corrected chi connectivity index (χ0v) is 17.1. The fraction of sp³-hybridized carbons (Fsp3) is 0.706. The second-order valence-corrected chi connectivity index (χ2v) is 9.73. The molecule has 1 saturated heterocycles. The molecule has 0 aromatic carbocycles. The molecule has 0 radical (unpaired) electrons. The van der Waals surface area contributed by atoms with E-state index in [4.69, 9.17) is 0 Å². The molecule has 1 aliphatic heterocycles. The Hall–Kier alpha value is -0.960. The molecule has 0 saturated carbocycles. The summed E-state index contributed by atoms with van der Waals surface area (Å²) >= 11 is 1.18. The Labute approximate surface area is 155 Å². The minimum Gasteiger partial charge on any atom is -0.350 e. The average Bonchev–Trinajstić information content (AvgIpc) is 3.21. The molecule has 0 aliphatic carbocycles. The number of carbonyl (C=O) groups is 1. The first-order valence-corrected chi connectivity index (χ1v) is 11.2. The standard InChI is InChI=1S/C17H29N3O3S2/c1-13(2)20(14(3)4)11-8-18-17(21)16-15(7-12-24-16)25(22,23)19-9-5-6-10-19/h7,12-14H,5-6,8-11H2,1-4H3,(H,18,21). The molecule has 0 bridgehead atoms. The molecule has 0 unspecified atom stereocenters. The summed E-state index contributed by atoms with van der Waals surface area (Å²) in [5.74, 6) is -0.305. The highest BCUT2D eigenvalue weighted by atomic mass is 32.2.